The Balaban J connectivity index is 1.35. The number of nitrogens with zero attached hydrogens (tertiary/aromatic N) is 2. The molecule has 0 spiro atoms. The van der Waals surface area contributed by atoms with Gasteiger partial charge in [-0.15, -0.1) is 0 Å². The predicted octanol–water partition coefficient (Wildman–Crippen LogP) is 13.1. The van der Waals surface area contributed by atoms with Crippen LogP contribution in [0.2, 0.25) is 0 Å². The van der Waals surface area contributed by atoms with Crippen LogP contribution < -0.4 is 26.2 Å². The van der Waals surface area contributed by atoms with Gasteiger partial charge in [0.2, 0.25) is 0 Å². The van der Waals surface area contributed by atoms with Crippen LogP contribution in [0.3, 0.4) is 0 Å². The molecule has 0 radical (unpaired) electrons. The van der Waals surface area contributed by atoms with E-state index in [2.05, 4.69) is 196 Å². The van der Waals surface area contributed by atoms with E-state index in [0.717, 1.165) is 0 Å². The summed E-state index contributed by atoms with van der Waals surface area (Å²) in [5.74, 6) is 0. The molecule has 0 N–H and O–H groups in total. The van der Waals surface area contributed by atoms with E-state index in [1.54, 1.807) is 5.56 Å². The molecule has 58 heavy (non-hydrogen) atoms. The summed E-state index contributed by atoms with van der Waals surface area (Å²) >= 11 is 0. The van der Waals surface area contributed by atoms with E-state index in [1.165, 1.54) is 115 Å². The molecule has 1 fully saturated rings. The van der Waals surface area contributed by atoms with Gasteiger partial charge in [-0.2, -0.15) is 0 Å². The molecule has 3 heterocycles. The Morgan fingerprint density at radius 3 is 1.95 bits per heavy atom. The molecule has 0 saturated heterocycles. The van der Waals surface area contributed by atoms with Crippen LogP contribution in [-0.2, 0) is 21.7 Å². The number of hydrogen-bond donors (Lipinski definition) is 0. The summed E-state index contributed by atoms with van der Waals surface area (Å²) in [6, 6.07) is 40.9. The van der Waals surface area contributed by atoms with Crippen molar-refractivity contribution in [1.82, 2.24) is 0 Å². The third-order valence-corrected chi connectivity index (χ3v) is 15.1. The van der Waals surface area contributed by atoms with Gasteiger partial charge in [0.1, 0.15) is 0 Å². The lowest BCUT2D eigenvalue weighted by atomic mass is 9.33. The summed E-state index contributed by atoms with van der Waals surface area (Å²) in [4.78, 5) is 5.57. The molecule has 6 aromatic rings. The molecule has 10 rings (SSSR count). The second-order valence-electron chi connectivity index (χ2n) is 21.9. The maximum absolute atomic E-state index is 2.88. The van der Waals surface area contributed by atoms with Crippen molar-refractivity contribution in [2.45, 2.75) is 136 Å². The molecule has 3 heteroatoms. The standard InChI is InChI=1S/C55H61BN2/c1-34-28-47-49-48(29-34)58-50-42(54(11)26-15-16-27-55(54,58)12)31-38(53(8,9)10)32-44(50)56(49)43-24-22-37(52(5,6)7)33-46(43)57(47)45-25-23-36(51(2,3)4)30-41(45)40-21-17-19-35-18-13-14-20-39(35)40/h13-14,17-25,28-33H,15-16,26-27H2,1-12H3. The molecule has 1 saturated carbocycles. The highest BCUT2D eigenvalue weighted by atomic mass is 15.3. The number of aryl methyl sites for hydroxylation is 1. The van der Waals surface area contributed by atoms with Crippen LogP contribution in [0.1, 0.15) is 130 Å². The van der Waals surface area contributed by atoms with E-state index in [4.69, 9.17) is 0 Å². The summed E-state index contributed by atoms with van der Waals surface area (Å²) < 4.78 is 0. The van der Waals surface area contributed by atoms with Crippen molar-refractivity contribution in [3.8, 4) is 11.1 Å². The summed E-state index contributed by atoms with van der Waals surface area (Å²) in [6.45, 7) is 29.0. The molecule has 4 aliphatic rings. The lowest BCUT2D eigenvalue weighted by Gasteiger charge is -2.53. The quantitative estimate of drug-likeness (QED) is 0.162. The van der Waals surface area contributed by atoms with Crippen molar-refractivity contribution in [2.24, 2.45) is 0 Å². The smallest absolute Gasteiger partial charge is 0.252 e. The van der Waals surface area contributed by atoms with Crippen LogP contribution in [-0.4, -0.2) is 12.3 Å². The second-order valence-corrected chi connectivity index (χ2v) is 21.9. The maximum Gasteiger partial charge on any atom is 0.252 e. The first-order valence-electron chi connectivity index (χ1n) is 22.0. The molecule has 6 aromatic carbocycles. The first kappa shape index (κ1) is 37.5. The maximum atomic E-state index is 2.88. The van der Waals surface area contributed by atoms with Crippen LogP contribution in [0.15, 0.2) is 103 Å². The highest BCUT2D eigenvalue weighted by Gasteiger charge is 2.61. The minimum absolute atomic E-state index is 0.00527. The van der Waals surface area contributed by atoms with Crippen molar-refractivity contribution in [3.05, 3.63) is 131 Å². The Bertz CT molecular complexity index is 2690. The highest BCUT2D eigenvalue weighted by Crippen LogP contribution is 2.62. The van der Waals surface area contributed by atoms with Crippen LogP contribution >= 0.6 is 0 Å². The molecule has 2 unspecified atom stereocenters. The number of hydrogen-bond acceptors (Lipinski definition) is 2. The zero-order chi connectivity index (χ0) is 40.9. The van der Waals surface area contributed by atoms with Gasteiger partial charge in [-0.3, -0.25) is 0 Å². The van der Waals surface area contributed by atoms with E-state index < -0.39 is 0 Å². The number of fused-ring (bicyclic) bond motifs is 8. The molecule has 0 aromatic heterocycles. The largest absolute Gasteiger partial charge is 0.335 e. The first-order chi connectivity index (χ1) is 27.3. The lowest BCUT2D eigenvalue weighted by molar-refractivity contribution is 0.195. The molecule has 2 nitrogen and oxygen atoms in total. The van der Waals surface area contributed by atoms with Gasteiger partial charge in [-0.1, -0.05) is 155 Å². The fraction of sp³-hybridized carbons (Fsp3) is 0.382. The monoisotopic (exact) mass is 760 g/mol. The minimum atomic E-state index is -0.0188. The average Bonchev–Trinajstić information content (AvgIpc) is 3.38. The van der Waals surface area contributed by atoms with Crippen molar-refractivity contribution in [1.29, 1.82) is 0 Å². The minimum Gasteiger partial charge on any atom is -0.335 e. The van der Waals surface area contributed by atoms with Crippen LogP contribution in [0.4, 0.5) is 28.4 Å². The van der Waals surface area contributed by atoms with Gasteiger partial charge in [-0.25, -0.2) is 0 Å². The van der Waals surface area contributed by atoms with Gasteiger partial charge < -0.3 is 9.80 Å². The van der Waals surface area contributed by atoms with Crippen LogP contribution in [0.5, 0.6) is 0 Å². The zero-order valence-electron chi connectivity index (χ0n) is 37.1. The molecular formula is C55H61BN2. The Morgan fingerprint density at radius 1 is 0.552 bits per heavy atom. The van der Waals surface area contributed by atoms with Crippen molar-refractivity contribution in [2.75, 3.05) is 9.80 Å². The molecule has 2 atom stereocenters. The topological polar surface area (TPSA) is 6.48 Å². The van der Waals surface area contributed by atoms with Crippen molar-refractivity contribution < 1.29 is 0 Å². The number of anilines is 5. The van der Waals surface area contributed by atoms with Crippen molar-refractivity contribution >= 4 is 62.3 Å². The van der Waals surface area contributed by atoms with E-state index in [0.29, 0.717) is 0 Å². The Hall–Kier alpha value is -4.76. The van der Waals surface area contributed by atoms with Gasteiger partial charge >= 0.3 is 0 Å². The zero-order valence-corrected chi connectivity index (χ0v) is 37.1. The molecular weight excluding hydrogens is 699 g/mol. The Morgan fingerprint density at radius 2 is 1.21 bits per heavy atom. The van der Waals surface area contributed by atoms with E-state index in [9.17, 15) is 0 Å². The fourth-order valence-corrected chi connectivity index (χ4v) is 11.5. The number of benzene rings is 6. The SMILES string of the molecule is Cc1cc2c3c(c1)N1c4c(cc(C(C)(C)C)cc4C4(C)CCCCC14C)B3c1ccc(C(C)(C)C)cc1N2c1ccc(C(C)(C)C)cc1-c1cccc2ccccc12. The lowest BCUT2D eigenvalue weighted by Crippen LogP contribution is -2.64. The first-order valence-corrected chi connectivity index (χ1v) is 22.0. The number of rotatable bonds is 2. The molecule has 0 bridgehead atoms. The van der Waals surface area contributed by atoms with Gasteiger partial charge in [0.25, 0.3) is 6.71 Å². The fourth-order valence-electron chi connectivity index (χ4n) is 11.5. The molecule has 1 aliphatic carbocycles. The highest BCUT2D eigenvalue weighted by molar-refractivity contribution is 7.00. The molecule has 0 amide bonds. The van der Waals surface area contributed by atoms with Gasteiger partial charge in [0.15, 0.2) is 0 Å². The van der Waals surface area contributed by atoms with Gasteiger partial charge in [0, 0.05) is 33.7 Å². The normalized spacial score (nSPS) is 20.9. The summed E-state index contributed by atoms with van der Waals surface area (Å²) in [5, 5.41) is 2.56. The van der Waals surface area contributed by atoms with E-state index in [-0.39, 0.29) is 33.9 Å². The van der Waals surface area contributed by atoms with Crippen LogP contribution in [0.25, 0.3) is 21.9 Å². The third-order valence-electron chi connectivity index (χ3n) is 15.1. The van der Waals surface area contributed by atoms with Gasteiger partial charge in [0.05, 0.1) is 11.2 Å². The summed E-state index contributed by atoms with van der Waals surface area (Å²) in [7, 11) is 0. The predicted molar refractivity (Wildman–Crippen MR) is 252 cm³/mol. The van der Waals surface area contributed by atoms with Crippen molar-refractivity contribution in [3.63, 3.8) is 0 Å². The third kappa shape index (κ3) is 5.17. The summed E-state index contributed by atoms with van der Waals surface area (Å²) in [5.41, 5.74) is 20.8. The Labute approximate surface area is 348 Å². The molecule has 294 valence electrons. The van der Waals surface area contributed by atoms with E-state index in [1.807, 2.05) is 0 Å². The average molecular weight is 761 g/mol. The second kappa shape index (κ2) is 12.2. The Kier molecular flexibility index (Phi) is 7.86. The van der Waals surface area contributed by atoms with Crippen LogP contribution in [0, 0.1) is 6.92 Å². The summed E-state index contributed by atoms with van der Waals surface area (Å²) in [6.07, 6.45) is 4.99. The van der Waals surface area contributed by atoms with Gasteiger partial charge in [-0.05, 0) is 134 Å². The molecule has 3 aliphatic heterocycles. The van der Waals surface area contributed by atoms with E-state index >= 15 is 0 Å².